The smallest absolute Gasteiger partial charge is 0.324 e. The maximum Gasteiger partial charge on any atom is 0.324 e. The summed E-state index contributed by atoms with van der Waals surface area (Å²) in [5.41, 5.74) is 2.32. The summed E-state index contributed by atoms with van der Waals surface area (Å²) in [5.74, 6) is -0.926. The number of amides is 1. The summed E-state index contributed by atoms with van der Waals surface area (Å²) in [6.07, 6.45) is 0. The van der Waals surface area contributed by atoms with Crippen LogP contribution >= 0.6 is 0 Å². The first-order valence-electron chi connectivity index (χ1n) is 8.30. The number of hydrogen-bond acceptors (Lipinski definition) is 5. The molecule has 0 radical (unpaired) electrons. The molecule has 144 valence electrons. The SMILES string of the molecule is CC(=O)Nc1ccc(S(=O)(=O)N[C@@H](C)C(=O)OCc2ccccc2C)cc1. The van der Waals surface area contributed by atoms with Gasteiger partial charge in [0.1, 0.15) is 12.6 Å². The van der Waals surface area contributed by atoms with Gasteiger partial charge in [-0.2, -0.15) is 4.72 Å². The number of benzene rings is 2. The van der Waals surface area contributed by atoms with Gasteiger partial charge in [0.25, 0.3) is 0 Å². The van der Waals surface area contributed by atoms with E-state index in [9.17, 15) is 18.0 Å². The van der Waals surface area contributed by atoms with Crippen molar-refractivity contribution in [3.05, 3.63) is 59.7 Å². The topological polar surface area (TPSA) is 102 Å². The van der Waals surface area contributed by atoms with Crippen LogP contribution in [-0.4, -0.2) is 26.3 Å². The molecule has 7 nitrogen and oxygen atoms in total. The number of carbonyl (C=O) groups excluding carboxylic acids is 2. The molecule has 0 aliphatic carbocycles. The van der Waals surface area contributed by atoms with Crippen molar-refractivity contribution < 1.29 is 22.7 Å². The standard InChI is InChI=1S/C19H22N2O5S/c1-13-6-4-5-7-16(13)12-26-19(23)14(2)21-27(24,25)18-10-8-17(9-11-18)20-15(3)22/h4-11,14,21H,12H2,1-3H3,(H,20,22)/t14-/m0/s1. The average Bonchev–Trinajstić information content (AvgIpc) is 2.60. The van der Waals surface area contributed by atoms with E-state index in [2.05, 4.69) is 10.0 Å². The van der Waals surface area contributed by atoms with E-state index in [-0.39, 0.29) is 17.4 Å². The molecule has 2 aromatic rings. The van der Waals surface area contributed by atoms with Crippen molar-refractivity contribution in [2.75, 3.05) is 5.32 Å². The monoisotopic (exact) mass is 390 g/mol. The Balaban J connectivity index is 1.98. The van der Waals surface area contributed by atoms with Gasteiger partial charge in [-0.15, -0.1) is 0 Å². The zero-order chi connectivity index (χ0) is 20.0. The second-order valence-electron chi connectivity index (χ2n) is 6.08. The number of hydrogen-bond donors (Lipinski definition) is 2. The number of rotatable bonds is 7. The molecule has 0 spiro atoms. The highest BCUT2D eigenvalue weighted by Crippen LogP contribution is 2.15. The fraction of sp³-hybridized carbons (Fsp3) is 0.263. The molecule has 0 unspecified atom stereocenters. The number of carbonyl (C=O) groups is 2. The number of anilines is 1. The van der Waals surface area contributed by atoms with Crippen LogP contribution in [0.5, 0.6) is 0 Å². The van der Waals surface area contributed by atoms with Crippen molar-refractivity contribution in [1.29, 1.82) is 0 Å². The molecule has 8 heteroatoms. The molecule has 2 aromatic carbocycles. The first-order valence-corrected chi connectivity index (χ1v) is 9.78. The van der Waals surface area contributed by atoms with Crippen LogP contribution < -0.4 is 10.0 Å². The van der Waals surface area contributed by atoms with Gasteiger partial charge >= 0.3 is 5.97 Å². The van der Waals surface area contributed by atoms with Crippen molar-refractivity contribution >= 4 is 27.6 Å². The van der Waals surface area contributed by atoms with E-state index in [0.717, 1.165) is 11.1 Å². The summed E-state index contributed by atoms with van der Waals surface area (Å²) in [5, 5.41) is 2.55. The molecule has 0 aromatic heterocycles. The van der Waals surface area contributed by atoms with Gasteiger partial charge in [-0.25, -0.2) is 8.42 Å². The average molecular weight is 390 g/mol. The predicted octanol–water partition coefficient (Wildman–Crippen LogP) is 2.36. The minimum atomic E-state index is -3.90. The Morgan fingerprint density at radius 3 is 2.30 bits per heavy atom. The van der Waals surface area contributed by atoms with E-state index >= 15 is 0 Å². The largest absolute Gasteiger partial charge is 0.460 e. The number of sulfonamides is 1. The van der Waals surface area contributed by atoms with Crippen LogP contribution in [0.3, 0.4) is 0 Å². The third-order valence-corrected chi connectivity index (χ3v) is 5.36. The summed E-state index contributed by atoms with van der Waals surface area (Å²) in [7, 11) is -3.90. The van der Waals surface area contributed by atoms with Crippen LogP contribution in [0.2, 0.25) is 0 Å². The molecule has 0 saturated heterocycles. The maximum absolute atomic E-state index is 12.4. The van der Waals surface area contributed by atoms with Crippen molar-refractivity contribution in [3.63, 3.8) is 0 Å². The molecule has 0 aliphatic rings. The minimum absolute atomic E-state index is 0.0184. The van der Waals surface area contributed by atoms with Crippen molar-refractivity contribution in [1.82, 2.24) is 4.72 Å². The van der Waals surface area contributed by atoms with Crippen LogP contribution in [0.4, 0.5) is 5.69 Å². The van der Waals surface area contributed by atoms with E-state index in [1.807, 2.05) is 31.2 Å². The fourth-order valence-corrected chi connectivity index (χ4v) is 3.51. The highest BCUT2D eigenvalue weighted by molar-refractivity contribution is 7.89. The first kappa shape index (κ1) is 20.6. The lowest BCUT2D eigenvalue weighted by atomic mass is 10.1. The summed E-state index contributed by atoms with van der Waals surface area (Å²) in [4.78, 5) is 23.1. The molecular weight excluding hydrogens is 368 g/mol. The molecule has 0 heterocycles. The van der Waals surface area contributed by atoms with Gasteiger partial charge in [0, 0.05) is 12.6 Å². The Morgan fingerprint density at radius 1 is 1.07 bits per heavy atom. The van der Waals surface area contributed by atoms with Crippen LogP contribution in [0.1, 0.15) is 25.0 Å². The summed E-state index contributed by atoms with van der Waals surface area (Å²) >= 11 is 0. The second-order valence-corrected chi connectivity index (χ2v) is 7.80. The van der Waals surface area contributed by atoms with E-state index in [0.29, 0.717) is 5.69 Å². The Labute approximate surface area is 158 Å². The molecule has 1 atom stereocenters. The van der Waals surface area contributed by atoms with Crippen LogP contribution in [0.15, 0.2) is 53.4 Å². The lowest BCUT2D eigenvalue weighted by Gasteiger charge is -2.14. The van der Waals surface area contributed by atoms with Crippen LogP contribution in [-0.2, 0) is 31.0 Å². The molecular formula is C19H22N2O5S. The quantitative estimate of drug-likeness (QED) is 0.707. The van der Waals surface area contributed by atoms with Gasteiger partial charge in [-0.3, -0.25) is 9.59 Å². The number of aryl methyl sites for hydroxylation is 1. The highest BCUT2D eigenvalue weighted by atomic mass is 32.2. The summed E-state index contributed by atoms with van der Waals surface area (Å²) < 4.78 is 32.3. The van der Waals surface area contributed by atoms with Gasteiger partial charge in [0.15, 0.2) is 0 Å². The summed E-state index contributed by atoms with van der Waals surface area (Å²) in [6, 6.07) is 12.1. The molecule has 0 saturated carbocycles. The Bertz CT molecular complexity index is 923. The third kappa shape index (κ3) is 5.90. The zero-order valence-corrected chi connectivity index (χ0v) is 16.2. The lowest BCUT2D eigenvalue weighted by molar-refractivity contribution is -0.146. The third-order valence-electron chi connectivity index (χ3n) is 3.80. The molecule has 0 fully saturated rings. The van der Waals surface area contributed by atoms with Crippen molar-refractivity contribution in [2.45, 2.75) is 38.3 Å². The normalized spacial score (nSPS) is 12.3. The molecule has 0 bridgehead atoms. The fourth-order valence-electron chi connectivity index (χ4n) is 2.32. The zero-order valence-electron chi connectivity index (χ0n) is 15.4. The number of esters is 1. The van der Waals surface area contributed by atoms with E-state index in [4.69, 9.17) is 4.74 Å². The van der Waals surface area contributed by atoms with Crippen LogP contribution in [0, 0.1) is 6.92 Å². The van der Waals surface area contributed by atoms with E-state index in [1.165, 1.54) is 38.1 Å². The maximum atomic E-state index is 12.4. The Hall–Kier alpha value is -2.71. The van der Waals surface area contributed by atoms with Gasteiger partial charge in [-0.1, -0.05) is 24.3 Å². The van der Waals surface area contributed by atoms with Crippen LogP contribution in [0.25, 0.3) is 0 Å². The van der Waals surface area contributed by atoms with Gasteiger partial charge in [0.05, 0.1) is 4.90 Å². The second kappa shape index (κ2) is 8.79. The molecule has 2 N–H and O–H groups in total. The lowest BCUT2D eigenvalue weighted by Crippen LogP contribution is -2.39. The van der Waals surface area contributed by atoms with E-state index < -0.39 is 22.0 Å². The predicted molar refractivity (Wildman–Crippen MR) is 102 cm³/mol. The van der Waals surface area contributed by atoms with Gasteiger partial charge in [-0.05, 0) is 49.2 Å². The Morgan fingerprint density at radius 2 is 1.70 bits per heavy atom. The van der Waals surface area contributed by atoms with Crippen molar-refractivity contribution in [3.8, 4) is 0 Å². The molecule has 1 amide bonds. The summed E-state index contributed by atoms with van der Waals surface area (Å²) in [6.45, 7) is 4.75. The molecule has 2 rings (SSSR count). The molecule has 27 heavy (non-hydrogen) atoms. The van der Waals surface area contributed by atoms with Gasteiger partial charge < -0.3 is 10.1 Å². The number of ether oxygens (including phenoxy) is 1. The molecule has 0 aliphatic heterocycles. The minimum Gasteiger partial charge on any atom is -0.460 e. The highest BCUT2D eigenvalue weighted by Gasteiger charge is 2.23. The first-order chi connectivity index (χ1) is 12.7. The Kier molecular flexibility index (Phi) is 6.70. The van der Waals surface area contributed by atoms with Crippen molar-refractivity contribution in [2.24, 2.45) is 0 Å². The van der Waals surface area contributed by atoms with Gasteiger partial charge in [0.2, 0.25) is 15.9 Å². The number of nitrogens with one attached hydrogen (secondary N) is 2. The van der Waals surface area contributed by atoms with E-state index in [1.54, 1.807) is 0 Å².